The number of hydrogen-bond donors (Lipinski definition) is 1. The third kappa shape index (κ3) is 4.11. The summed E-state index contributed by atoms with van der Waals surface area (Å²) in [6.07, 6.45) is 0. The fourth-order valence-corrected chi connectivity index (χ4v) is 3.24. The third-order valence-corrected chi connectivity index (χ3v) is 4.44. The number of benzene rings is 2. The summed E-state index contributed by atoms with van der Waals surface area (Å²) in [5, 5.41) is 2.92. The number of hydrogen-bond acceptors (Lipinski definition) is 4. The highest BCUT2D eigenvalue weighted by Crippen LogP contribution is 2.38. The van der Waals surface area contributed by atoms with Gasteiger partial charge in [0.15, 0.2) is 11.5 Å². The van der Waals surface area contributed by atoms with Crippen molar-refractivity contribution in [3.05, 3.63) is 50.6 Å². The number of nitrogens with one attached hydrogen (secondary N) is 1. The van der Waals surface area contributed by atoms with Gasteiger partial charge in [0.1, 0.15) is 0 Å². The van der Waals surface area contributed by atoms with Crippen LogP contribution in [0.5, 0.6) is 17.2 Å². The van der Waals surface area contributed by atoms with Gasteiger partial charge in [-0.05, 0) is 59.3 Å². The van der Waals surface area contributed by atoms with E-state index in [1.165, 1.54) is 0 Å². The number of rotatable bonds is 6. The highest BCUT2D eigenvalue weighted by atomic mass is 127. The highest BCUT2D eigenvalue weighted by Gasteiger charge is 2.14. The summed E-state index contributed by atoms with van der Waals surface area (Å²) in [6, 6.07) is 9.39. The fourth-order valence-electron chi connectivity index (χ4n) is 2.32. The first-order chi connectivity index (χ1) is 11.5. The second kappa shape index (κ2) is 8.23. The van der Waals surface area contributed by atoms with E-state index in [1.54, 1.807) is 21.3 Å². The van der Waals surface area contributed by atoms with Crippen molar-refractivity contribution in [2.45, 2.75) is 13.5 Å². The molecule has 1 amide bonds. The van der Waals surface area contributed by atoms with Crippen molar-refractivity contribution in [2.75, 3.05) is 21.3 Å². The molecule has 0 aromatic heterocycles. The molecular formula is C18H20INO4. The lowest BCUT2D eigenvalue weighted by atomic mass is 10.1. The standard InChI is InChI=1S/C18H20INO4/c1-11-5-6-13(14(19)7-11)18(21)20-10-12-8-15(22-2)17(24-4)16(9-12)23-3/h5-9H,10H2,1-4H3,(H,20,21). The van der Waals surface area contributed by atoms with E-state index in [1.807, 2.05) is 37.3 Å². The average Bonchev–Trinajstić information content (AvgIpc) is 2.58. The van der Waals surface area contributed by atoms with Crippen LogP contribution in [0.3, 0.4) is 0 Å². The number of halogens is 1. The summed E-state index contributed by atoms with van der Waals surface area (Å²) in [5.74, 6) is 1.54. The van der Waals surface area contributed by atoms with Gasteiger partial charge in [-0.2, -0.15) is 0 Å². The Bertz CT molecular complexity index is 721. The van der Waals surface area contributed by atoms with E-state index in [4.69, 9.17) is 14.2 Å². The van der Waals surface area contributed by atoms with Gasteiger partial charge in [0, 0.05) is 10.1 Å². The molecule has 0 fully saturated rings. The van der Waals surface area contributed by atoms with Crippen molar-refractivity contribution in [1.82, 2.24) is 5.32 Å². The van der Waals surface area contributed by atoms with E-state index in [0.717, 1.165) is 14.7 Å². The SMILES string of the molecule is COc1cc(CNC(=O)c2ccc(C)cc2I)cc(OC)c1OC. The van der Waals surface area contributed by atoms with Crippen LogP contribution in [-0.2, 0) is 6.54 Å². The van der Waals surface area contributed by atoms with Crippen molar-refractivity contribution < 1.29 is 19.0 Å². The molecule has 0 saturated carbocycles. The fraction of sp³-hybridized carbons (Fsp3) is 0.278. The minimum absolute atomic E-state index is 0.117. The van der Waals surface area contributed by atoms with Gasteiger partial charge < -0.3 is 19.5 Å². The Morgan fingerprint density at radius 3 is 2.17 bits per heavy atom. The molecule has 0 aliphatic carbocycles. The van der Waals surface area contributed by atoms with Crippen LogP contribution < -0.4 is 19.5 Å². The van der Waals surface area contributed by atoms with Crippen molar-refractivity contribution in [2.24, 2.45) is 0 Å². The molecule has 2 rings (SSSR count). The van der Waals surface area contributed by atoms with Gasteiger partial charge >= 0.3 is 0 Å². The van der Waals surface area contributed by atoms with E-state index in [0.29, 0.717) is 29.4 Å². The molecule has 128 valence electrons. The van der Waals surface area contributed by atoms with Gasteiger partial charge in [0.2, 0.25) is 5.75 Å². The molecule has 6 heteroatoms. The minimum atomic E-state index is -0.117. The summed E-state index contributed by atoms with van der Waals surface area (Å²) >= 11 is 2.17. The lowest BCUT2D eigenvalue weighted by molar-refractivity contribution is 0.0950. The maximum absolute atomic E-state index is 12.4. The van der Waals surface area contributed by atoms with E-state index < -0.39 is 0 Å². The first kappa shape index (κ1) is 18.4. The van der Waals surface area contributed by atoms with Gasteiger partial charge in [-0.3, -0.25) is 4.79 Å². The van der Waals surface area contributed by atoms with Crippen LogP contribution in [0.25, 0.3) is 0 Å². The summed E-state index contributed by atoms with van der Waals surface area (Å²) in [7, 11) is 4.68. The molecule has 0 spiro atoms. The monoisotopic (exact) mass is 441 g/mol. The molecule has 1 N–H and O–H groups in total. The molecule has 0 saturated heterocycles. The van der Waals surface area contributed by atoms with Crippen LogP contribution in [0.2, 0.25) is 0 Å². The lowest BCUT2D eigenvalue weighted by Gasteiger charge is -2.14. The smallest absolute Gasteiger partial charge is 0.252 e. The molecule has 0 bridgehead atoms. The maximum Gasteiger partial charge on any atom is 0.252 e. The molecule has 0 aliphatic rings. The molecule has 0 atom stereocenters. The zero-order valence-corrected chi connectivity index (χ0v) is 16.3. The Hall–Kier alpha value is -1.96. The molecule has 0 radical (unpaired) electrons. The zero-order chi connectivity index (χ0) is 17.7. The summed E-state index contributed by atoms with van der Waals surface area (Å²) in [5.41, 5.74) is 2.65. The van der Waals surface area contributed by atoms with E-state index in [-0.39, 0.29) is 5.91 Å². The second-order valence-corrected chi connectivity index (χ2v) is 6.36. The van der Waals surface area contributed by atoms with Crippen LogP contribution in [0.1, 0.15) is 21.5 Å². The Kier molecular flexibility index (Phi) is 6.30. The number of carbonyl (C=O) groups excluding carboxylic acids is 1. The second-order valence-electron chi connectivity index (χ2n) is 5.20. The minimum Gasteiger partial charge on any atom is -0.493 e. The summed E-state index contributed by atoms with van der Waals surface area (Å²) in [4.78, 5) is 12.4. The quantitative estimate of drug-likeness (QED) is 0.697. The highest BCUT2D eigenvalue weighted by molar-refractivity contribution is 14.1. The molecule has 2 aromatic carbocycles. The molecule has 5 nitrogen and oxygen atoms in total. The Morgan fingerprint density at radius 1 is 1.04 bits per heavy atom. The largest absolute Gasteiger partial charge is 0.493 e. The number of aryl methyl sites for hydroxylation is 1. The number of carbonyl (C=O) groups is 1. The van der Waals surface area contributed by atoms with Crippen LogP contribution in [0.4, 0.5) is 0 Å². The topological polar surface area (TPSA) is 56.8 Å². The summed E-state index contributed by atoms with van der Waals surface area (Å²) in [6.45, 7) is 2.36. The maximum atomic E-state index is 12.4. The first-order valence-electron chi connectivity index (χ1n) is 7.33. The van der Waals surface area contributed by atoms with Crippen molar-refractivity contribution in [3.8, 4) is 17.2 Å². The molecule has 0 aliphatic heterocycles. The summed E-state index contributed by atoms with van der Waals surface area (Å²) < 4.78 is 16.9. The third-order valence-electron chi connectivity index (χ3n) is 3.55. The van der Waals surface area contributed by atoms with Crippen LogP contribution >= 0.6 is 22.6 Å². The van der Waals surface area contributed by atoms with Gasteiger partial charge in [-0.25, -0.2) is 0 Å². The number of methoxy groups -OCH3 is 3. The Morgan fingerprint density at radius 2 is 1.67 bits per heavy atom. The molecule has 0 heterocycles. The number of ether oxygens (including phenoxy) is 3. The molecule has 24 heavy (non-hydrogen) atoms. The lowest BCUT2D eigenvalue weighted by Crippen LogP contribution is -2.23. The molecule has 0 unspecified atom stereocenters. The van der Waals surface area contributed by atoms with Gasteiger partial charge in [-0.1, -0.05) is 11.6 Å². The Labute approximate surface area is 155 Å². The van der Waals surface area contributed by atoms with Crippen molar-refractivity contribution in [3.63, 3.8) is 0 Å². The van der Waals surface area contributed by atoms with Crippen LogP contribution in [0.15, 0.2) is 30.3 Å². The van der Waals surface area contributed by atoms with Crippen LogP contribution in [0, 0.1) is 10.5 Å². The van der Waals surface area contributed by atoms with Gasteiger partial charge in [-0.15, -0.1) is 0 Å². The van der Waals surface area contributed by atoms with Gasteiger partial charge in [0.05, 0.1) is 26.9 Å². The van der Waals surface area contributed by atoms with Gasteiger partial charge in [0.25, 0.3) is 5.91 Å². The van der Waals surface area contributed by atoms with Crippen LogP contribution in [-0.4, -0.2) is 27.2 Å². The normalized spacial score (nSPS) is 10.2. The number of amides is 1. The average molecular weight is 441 g/mol. The first-order valence-corrected chi connectivity index (χ1v) is 8.41. The van der Waals surface area contributed by atoms with E-state index >= 15 is 0 Å². The van der Waals surface area contributed by atoms with E-state index in [2.05, 4.69) is 27.9 Å². The molecular weight excluding hydrogens is 421 g/mol. The van der Waals surface area contributed by atoms with Crippen molar-refractivity contribution in [1.29, 1.82) is 0 Å². The van der Waals surface area contributed by atoms with Crippen molar-refractivity contribution >= 4 is 28.5 Å². The van der Waals surface area contributed by atoms with E-state index in [9.17, 15) is 4.79 Å². The zero-order valence-electron chi connectivity index (χ0n) is 14.1. The predicted molar refractivity (Wildman–Crippen MR) is 101 cm³/mol. The molecule has 2 aromatic rings. The Balaban J connectivity index is 2.18. The predicted octanol–water partition coefficient (Wildman–Crippen LogP) is 3.56.